The highest BCUT2D eigenvalue weighted by atomic mass is 35.5. The van der Waals surface area contributed by atoms with Crippen LogP contribution in [0.15, 0.2) is 59.7 Å². The maximum Gasteiger partial charge on any atom is 0.325 e. The van der Waals surface area contributed by atoms with E-state index in [1.807, 2.05) is 12.1 Å². The number of carbonyl (C=O) groups excluding carboxylic acids is 1. The number of carbonyl (C=O) groups is 1. The van der Waals surface area contributed by atoms with Crippen LogP contribution in [0.4, 0.5) is 16.3 Å². The quantitative estimate of drug-likeness (QED) is 0.440. The number of amides is 2. The van der Waals surface area contributed by atoms with Crippen LogP contribution in [-0.4, -0.2) is 27.7 Å². The van der Waals surface area contributed by atoms with E-state index in [4.69, 9.17) is 27.9 Å². The number of urea groups is 1. The molecule has 0 spiro atoms. The van der Waals surface area contributed by atoms with Crippen molar-refractivity contribution in [2.75, 3.05) is 17.7 Å². The predicted molar refractivity (Wildman–Crippen MR) is 126 cm³/mol. The van der Waals surface area contributed by atoms with Gasteiger partial charge >= 0.3 is 6.03 Å². The van der Waals surface area contributed by atoms with Crippen LogP contribution < -0.4 is 20.9 Å². The Morgan fingerprint density at radius 1 is 1.09 bits per heavy atom. The highest BCUT2D eigenvalue weighted by Crippen LogP contribution is 2.34. The van der Waals surface area contributed by atoms with E-state index in [0.29, 0.717) is 32.9 Å². The fourth-order valence-electron chi connectivity index (χ4n) is 3.32. The molecule has 2 amide bonds. The maximum atomic E-state index is 13.2. The molecular weight excluding hydrogens is 453 g/mol. The van der Waals surface area contributed by atoms with Crippen LogP contribution in [0.1, 0.15) is 0 Å². The van der Waals surface area contributed by atoms with E-state index in [0.717, 1.165) is 0 Å². The first-order valence-electron chi connectivity index (χ1n) is 9.40. The number of nitrogens with one attached hydrogen (secondary N) is 2. The monoisotopic (exact) mass is 469 g/mol. The Hall–Kier alpha value is -3.62. The highest BCUT2D eigenvalue weighted by molar-refractivity contribution is 6.36. The summed E-state index contributed by atoms with van der Waals surface area (Å²) in [6, 6.07) is 11.6. The number of ether oxygens (including phenoxy) is 1. The van der Waals surface area contributed by atoms with Crippen LogP contribution in [0.2, 0.25) is 10.0 Å². The van der Waals surface area contributed by atoms with Crippen molar-refractivity contribution in [2.24, 2.45) is 7.05 Å². The lowest BCUT2D eigenvalue weighted by Gasteiger charge is -2.17. The van der Waals surface area contributed by atoms with Gasteiger partial charge in [0.15, 0.2) is 5.82 Å². The molecule has 2 N–H and O–H groups in total. The van der Waals surface area contributed by atoms with E-state index in [1.165, 1.54) is 16.8 Å². The molecule has 3 aromatic heterocycles. The SMILES string of the molecule is COc1cccc(-c2c(NC(=O)Nc3ncc(Cl)cc3Cl)c(=O)n(C)c3ncccc23)c1. The van der Waals surface area contributed by atoms with Gasteiger partial charge in [-0.2, -0.15) is 0 Å². The molecular formula is C22H17Cl2N5O3. The van der Waals surface area contributed by atoms with Crippen LogP contribution in [0, 0.1) is 0 Å². The minimum atomic E-state index is -0.689. The summed E-state index contributed by atoms with van der Waals surface area (Å²) >= 11 is 11.9. The fraction of sp³-hybridized carbons (Fsp3) is 0.0909. The summed E-state index contributed by atoms with van der Waals surface area (Å²) in [6.07, 6.45) is 2.95. The summed E-state index contributed by atoms with van der Waals surface area (Å²) in [5.41, 5.74) is 1.31. The van der Waals surface area contributed by atoms with Gasteiger partial charge in [0.1, 0.15) is 17.1 Å². The van der Waals surface area contributed by atoms with Crippen molar-refractivity contribution in [3.63, 3.8) is 0 Å². The lowest BCUT2D eigenvalue weighted by Crippen LogP contribution is -2.29. The Bertz CT molecular complexity index is 1400. The van der Waals surface area contributed by atoms with E-state index in [1.54, 1.807) is 44.6 Å². The minimum absolute atomic E-state index is 0.0730. The third-order valence-corrected chi connectivity index (χ3v) is 5.27. The Morgan fingerprint density at radius 3 is 2.66 bits per heavy atom. The van der Waals surface area contributed by atoms with E-state index in [2.05, 4.69) is 20.6 Å². The number of pyridine rings is 3. The van der Waals surface area contributed by atoms with Crippen LogP contribution in [-0.2, 0) is 7.05 Å². The second-order valence-electron chi connectivity index (χ2n) is 6.78. The third-order valence-electron chi connectivity index (χ3n) is 4.78. The number of hydrogen-bond acceptors (Lipinski definition) is 5. The largest absolute Gasteiger partial charge is 0.497 e. The van der Waals surface area contributed by atoms with Crippen molar-refractivity contribution in [3.05, 3.63) is 75.3 Å². The van der Waals surface area contributed by atoms with Crippen molar-refractivity contribution >= 4 is 51.8 Å². The van der Waals surface area contributed by atoms with Gasteiger partial charge in [-0.05, 0) is 35.9 Å². The van der Waals surface area contributed by atoms with Gasteiger partial charge in [-0.1, -0.05) is 35.3 Å². The number of nitrogens with zero attached hydrogens (tertiary/aromatic N) is 3. The van der Waals surface area contributed by atoms with Crippen molar-refractivity contribution in [2.45, 2.75) is 0 Å². The Balaban J connectivity index is 1.85. The van der Waals surface area contributed by atoms with Gasteiger partial charge in [0.25, 0.3) is 5.56 Å². The molecule has 0 fully saturated rings. The summed E-state index contributed by atoms with van der Waals surface area (Å²) in [4.78, 5) is 34.4. The molecule has 0 unspecified atom stereocenters. The molecule has 1 aromatic carbocycles. The zero-order valence-corrected chi connectivity index (χ0v) is 18.5. The molecule has 0 aliphatic rings. The lowest BCUT2D eigenvalue weighted by atomic mass is 10.00. The first-order valence-corrected chi connectivity index (χ1v) is 10.2. The second-order valence-corrected chi connectivity index (χ2v) is 7.63. The molecule has 3 heterocycles. The number of halogens is 2. The first kappa shape index (κ1) is 21.6. The zero-order chi connectivity index (χ0) is 22.8. The average Bonchev–Trinajstić information content (AvgIpc) is 2.79. The smallest absolute Gasteiger partial charge is 0.325 e. The van der Waals surface area contributed by atoms with E-state index in [9.17, 15) is 9.59 Å². The topological polar surface area (TPSA) is 98.1 Å². The predicted octanol–water partition coefficient (Wildman–Crippen LogP) is 4.95. The van der Waals surface area contributed by atoms with Gasteiger partial charge in [0.05, 0.1) is 17.2 Å². The second kappa shape index (κ2) is 8.86. The van der Waals surface area contributed by atoms with Gasteiger partial charge in [0, 0.05) is 30.4 Å². The molecule has 0 saturated heterocycles. The number of hydrogen-bond donors (Lipinski definition) is 2. The molecule has 10 heteroatoms. The van der Waals surface area contributed by atoms with Gasteiger partial charge in [-0.3, -0.25) is 14.7 Å². The Kier molecular flexibility index (Phi) is 5.98. The molecule has 4 rings (SSSR count). The molecule has 0 aliphatic carbocycles. The third kappa shape index (κ3) is 4.10. The summed E-state index contributed by atoms with van der Waals surface area (Å²) in [5, 5.41) is 6.37. The Labute approximate surface area is 192 Å². The molecule has 32 heavy (non-hydrogen) atoms. The number of fused-ring (bicyclic) bond motifs is 1. The molecule has 0 saturated carbocycles. The van der Waals surface area contributed by atoms with Crippen LogP contribution in [0.5, 0.6) is 5.75 Å². The Morgan fingerprint density at radius 2 is 1.91 bits per heavy atom. The summed E-state index contributed by atoms with van der Waals surface area (Å²) < 4.78 is 6.71. The van der Waals surface area contributed by atoms with Crippen molar-refractivity contribution in [3.8, 4) is 16.9 Å². The number of benzene rings is 1. The van der Waals surface area contributed by atoms with Gasteiger partial charge in [0.2, 0.25) is 0 Å². The van der Waals surface area contributed by atoms with E-state index >= 15 is 0 Å². The fourth-order valence-corrected chi connectivity index (χ4v) is 3.75. The van der Waals surface area contributed by atoms with E-state index in [-0.39, 0.29) is 16.5 Å². The average molecular weight is 470 g/mol. The molecule has 0 atom stereocenters. The van der Waals surface area contributed by atoms with Crippen molar-refractivity contribution in [1.82, 2.24) is 14.5 Å². The summed E-state index contributed by atoms with van der Waals surface area (Å²) in [6.45, 7) is 0. The van der Waals surface area contributed by atoms with Crippen LogP contribution >= 0.6 is 23.2 Å². The first-order chi connectivity index (χ1) is 15.4. The van der Waals surface area contributed by atoms with Gasteiger partial charge in [-0.25, -0.2) is 14.8 Å². The summed E-state index contributed by atoms with van der Waals surface area (Å²) in [5.74, 6) is 0.712. The number of rotatable bonds is 4. The lowest BCUT2D eigenvalue weighted by molar-refractivity contribution is 0.262. The number of anilines is 2. The number of aromatic nitrogens is 3. The molecule has 8 nitrogen and oxygen atoms in total. The van der Waals surface area contributed by atoms with Crippen molar-refractivity contribution < 1.29 is 9.53 Å². The van der Waals surface area contributed by atoms with Crippen LogP contribution in [0.3, 0.4) is 0 Å². The van der Waals surface area contributed by atoms with Crippen molar-refractivity contribution in [1.29, 1.82) is 0 Å². The van der Waals surface area contributed by atoms with Gasteiger partial charge in [-0.15, -0.1) is 0 Å². The number of aryl methyl sites for hydroxylation is 1. The molecule has 162 valence electrons. The molecule has 0 aliphatic heterocycles. The normalized spacial score (nSPS) is 10.8. The van der Waals surface area contributed by atoms with Gasteiger partial charge < -0.3 is 10.1 Å². The standard InChI is InChI=1S/C22H17Cl2N5O3/c1-29-20-15(7-4-8-25-20)17(12-5-3-6-14(9-12)32-2)18(21(29)30)27-22(31)28-19-16(24)10-13(23)11-26-19/h3-11H,1-2H3,(H2,26,27,28,31). The highest BCUT2D eigenvalue weighted by Gasteiger charge is 2.20. The molecule has 0 radical (unpaired) electrons. The van der Waals surface area contributed by atoms with Crippen LogP contribution in [0.25, 0.3) is 22.2 Å². The number of methoxy groups -OCH3 is 1. The van der Waals surface area contributed by atoms with E-state index < -0.39 is 11.6 Å². The minimum Gasteiger partial charge on any atom is -0.497 e. The molecule has 4 aromatic rings. The zero-order valence-electron chi connectivity index (χ0n) is 17.0. The molecule has 0 bridgehead atoms. The maximum absolute atomic E-state index is 13.2. The summed E-state index contributed by atoms with van der Waals surface area (Å²) in [7, 11) is 3.14.